The lowest BCUT2D eigenvalue weighted by molar-refractivity contribution is -0.379. The molecule has 0 bridgehead atoms. The number of nitro groups is 1. The van der Waals surface area contributed by atoms with Crippen LogP contribution < -0.4 is 4.90 Å². The molecule has 5 nitrogen and oxygen atoms in total. The minimum absolute atomic E-state index is 0.0757. The minimum atomic E-state index is -0.425. The smallest absolute Gasteiger partial charge is 0.347 e. The van der Waals surface area contributed by atoms with Crippen LogP contribution in [-0.2, 0) is 0 Å². The van der Waals surface area contributed by atoms with E-state index in [-0.39, 0.29) is 5.00 Å². The van der Waals surface area contributed by atoms with E-state index in [1.165, 1.54) is 0 Å². The second kappa shape index (κ2) is 3.38. The fourth-order valence-electron chi connectivity index (χ4n) is 1.36. The number of hydrogen-bond acceptors (Lipinski definition) is 5. The topological polar surface area (TPSA) is 63.5 Å². The third-order valence-electron chi connectivity index (χ3n) is 2.19. The molecule has 2 heterocycles. The van der Waals surface area contributed by atoms with E-state index in [0.717, 1.165) is 30.8 Å². The summed E-state index contributed by atoms with van der Waals surface area (Å²) in [6, 6.07) is 1.59. The van der Waals surface area contributed by atoms with Gasteiger partial charge in [0.15, 0.2) is 6.29 Å². The zero-order valence-electron chi connectivity index (χ0n) is 7.30. The van der Waals surface area contributed by atoms with Crippen molar-refractivity contribution in [3.05, 3.63) is 21.1 Å². The zero-order chi connectivity index (χ0) is 10.1. The molecule has 1 aliphatic rings. The van der Waals surface area contributed by atoms with Gasteiger partial charge >= 0.3 is 5.00 Å². The van der Waals surface area contributed by atoms with Gasteiger partial charge in [0.05, 0.1) is 9.80 Å². The first-order valence-corrected chi connectivity index (χ1v) is 5.02. The molecule has 6 heteroatoms. The molecule has 0 atom stereocenters. The van der Waals surface area contributed by atoms with E-state index in [1.54, 1.807) is 6.07 Å². The maximum absolute atomic E-state index is 10.7. The van der Waals surface area contributed by atoms with Crippen molar-refractivity contribution in [2.24, 2.45) is 0 Å². The molecule has 0 spiro atoms. The van der Waals surface area contributed by atoms with Crippen molar-refractivity contribution in [3.8, 4) is 0 Å². The first-order valence-electron chi connectivity index (χ1n) is 4.20. The Morgan fingerprint density at radius 1 is 1.57 bits per heavy atom. The lowest BCUT2D eigenvalue weighted by atomic mass is 10.2. The van der Waals surface area contributed by atoms with Gasteiger partial charge in [-0.1, -0.05) is 11.3 Å². The molecule has 2 rings (SSSR count). The molecule has 74 valence electrons. The number of carbonyl (C=O) groups excluding carboxylic acids is 1. The minimum Gasteiger partial charge on any atom is -0.365 e. The summed E-state index contributed by atoms with van der Waals surface area (Å²) < 4.78 is 0. The Morgan fingerprint density at radius 3 is 2.71 bits per heavy atom. The van der Waals surface area contributed by atoms with E-state index in [1.807, 2.05) is 4.90 Å². The standard InChI is InChI=1S/C8H8N2O3S/c11-5-6-4-7(9-2-1-3-9)8(14-6)10(12)13/h4-5H,1-3H2. The van der Waals surface area contributed by atoms with E-state index < -0.39 is 4.92 Å². The Hall–Kier alpha value is -1.43. The van der Waals surface area contributed by atoms with E-state index in [0.29, 0.717) is 16.9 Å². The zero-order valence-corrected chi connectivity index (χ0v) is 8.12. The Balaban J connectivity index is 2.39. The third-order valence-corrected chi connectivity index (χ3v) is 3.19. The Labute approximate surface area is 84.1 Å². The fourth-order valence-corrected chi connectivity index (χ4v) is 2.17. The van der Waals surface area contributed by atoms with Crippen LogP contribution in [0, 0.1) is 10.1 Å². The van der Waals surface area contributed by atoms with Crippen molar-refractivity contribution in [2.45, 2.75) is 6.42 Å². The highest BCUT2D eigenvalue weighted by Gasteiger charge is 2.26. The van der Waals surface area contributed by atoms with Gasteiger partial charge in [0, 0.05) is 13.1 Å². The second-order valence-electron chi connectivity index (χ2n) is 3.05. The van der Waals surface area contributed by atoms with Gasteiger partial charge in [-0.25, -0.2) is 0 Å². The number of nitrogens with zero attached hydrogens (tertiary/aromatic N) is 2. The highest BCUT2D eigenvalue weighted by atomic mass is 32.1. The number of carbonyl (C=O) groups is 1. The molecule has 1 fully saturated rings. The molecule has 0 N–H and O–H groups in total. The fraction of sp³-hybridized carbons (Fsp3) is 0.375. The van der Waals surface area contributed by atoms with Crippen molar-refractivity contribution >= 4 is 28.3 Å². The van der Waals surface area contributed by atoms with Crippen LogP contribution in [0.4, 0.5) is 10.7 Å². The van der Waals surface area contributed by atoms with Crippen LogP contribution in [0.5, 0.6) is 0 Å². The lowest BCUT2D eigenvalue weighted by Crippen LogP contribution is -2.36. The van der Waals surface area contributed by atoms with Gasteiger partial charge in [-0.05, 0) is 12.5 Å². The van der Waals surface area contributed by atoms with Crippen LogP contribution in [0.25, 0.3) is 0 Å². The highest BCUT2D eigenvalue weighted by molar-refractivity contribution is 7.17. The third kappa shape index (κ3) is 1.37. The molecule has 0 aromatic carbocycles. The summed E-state index contributed by atoms with van der Waals surface area (Å²) >= 11 is 0.936. The predicted molar refractivity (Wildman–Crippen MR) is 53.2 cm³/mol. The molecular weight excluding hydrogens is 204 g/mol. The van der Waals surface area contributed by atoms with Crippen LogP contribution in [0.2, 0.25) is 0 Å². The summed E-state index contributed by atoms with van der Waals surface area (Å²) in [4.78, 5) is 23.1. The summed E-state index contributed by atoms with van der Waals surface area (Å²) in [5, 5.41) is 10.7. The van der Waals surface area contributed by atoms with Crippen molar-refractivity contribution in [1.29, 1.82) is 0 Å². The molecule has 0 aliphatic carbocycles. The molecule has 1 aromatic heterocycles. The first-order chi connectivity index (χ1) is 6.72. The van der Waals surface area contributed by atoms with Crippen LogP contribution in [-0.4, -0.2) is 24.3 Å². The first kappa shape index (κ1) is 9.14. The van der Waals surface area contributed by atoms with Gasteiger partial charge in [-0.3, -0.25) is 14.9 Å². The van der Waals surface area contributed by atoms with Gasteiger partial charge in [0.1, 0.15) is 5.69 Å². The monoisotopic (exact) mass is 212 g/mol. The van der Waals surface area contributed by atoms with Gasteiger partial charge in [-0.15, -0.1) is 0 Å². The number of thiophene rings is 1. The summed E-state index contributed by atoms with van der Waals surface area (Å²) in [6.07, 6.45) is 1.71. The van der Waals surface area contributed by atoms with Crippen molar-refractivity contribution in [2.75, 3.05) is 18.0 Å². The predicted octanol–water partition coefficient (Wildman–Crippen LogP) is 1.68. The molecule has 0 unspecified atom stereocenters. The number of hydrogen-bond donors (Lipinski definition) is 0. The molecule has 0 amide bonds. The summed E-state index contributed by atoms with van der Waals surface area (Å²) in [5.74, 6) is 0. The van der Waals surface area contributed by atoms with Gasteiger partial charge in [-0.2, -0.15) is 0 Å². The molecule has 14 heavy (non-hydrogen) atoms. The molecule has 1 aromatic rings. The van der Waals surface area contributed by atoms with E-state index in [9.17, 15) is 14.9 Å². The SMILES string of the molecule is O=Cc1cc(N2CCC2)c([N+](=O)[O-])s1. The Bertz CT molecular complexity index is 384. The second-order valence-corrected chi connectivity index (χ2v) is 4.12. The maximum Gasteiger partial charge on any atom is 0.347 e. The lowest BCUT2D eigenvalue weighted by Gasteiger charge is -2.31. The maximum atomic E-state index is 10.7. The molecule has 1 aliphatic heterocycles. The Morgan fingerprint density at radius 2 is 2.29 bits per heavy atom. The quantitative estimate of drug-likeness (QED) is 0.434. The summed E-state index contributed by atoms with van der Waals surface area (Å²) in [6.45, 7) is 1.69. The molecule has 0 radical (unpaired) electrons. The number of rotatable bonds is 3. The van der Waals surface area contributed by atoms with Crippen molar-refractivity contribution in [1.82, 2.24) is 0 Å². The number of aldehydes is 1. The van der Waals surface area contributed by atoms with Crippen molar-refractivity contribution in [3.63, 3.8) is 0 Å². The van der Waals surface area contributed by atoms with Gasteiger partial charge in [0.2, 0.25) is 0 Å². The summed E-state index contributed by atoms with van der Waals surface area (Å²) in [5.41, 5.74) is 0.591. The molecular formula is C8H8N2O3S. The van der Waals surface area contributed by atoms with E-state index in [4.69, 9.17) is 0 Å². The van der Waals surface area contributed by atoms with E-state index >= 15 is 0 Å². The van der Waals surface area contributed by atoms with Gasteiger partial charge in [0.25, 0.3) is 0 Å². The van der Waals surface area contributed by atoms with Crippen LogP contribution >= 0.6 is 11.3 Å². The Kier molecular flexibility index (Phi) is 2.20. The highest BCUT2D eigenvalue weighted by Crippen LogP contribution is 2.38. The molecule has 0 saturated carbocycles. The molecule has 1 saturated heterocycles. The normalized spacial score (nSPS) is 15.0. The average Bonchev–Trinajstić information content (AvgIpc) is 2.45. The van der Waals surface area contributed by atoms with Crippen molar-refractivity contribution < 1.29 is 9.72 Å². The van der Waals surface area contributed by atoms with Gasteiger partial charge < -0.3 is 4.90 Å². The van der Waals surface area contributed by atoms with Crippen LogP contribution in [0.3, 0.4) is 0 Å². The number of anilines is 1. The summed E-state index contributed by atoms with van der Waals surface area (Å²) in [7, 11) is 0. The average molecular weight is 212 g/mol. The van der Waals surface area contributed by atoms with Crippen LogP contribution in [0.1, 0.15) is 16.1 Å². The van der Waals surface area contributed by atoms with Crippen LogP contribution in [0.15, 0.2) is 6.07 Å². The largest absolute Gasteiger partial charge is 0.365 e. The van der Waals surface area contributed by atoms with E-state index in [2.05, 4.69) is 0 Å².